The van der Waals surface area contributed by atoms with Crippen LogP contribution in [0.25, 0.3) is 0 Å². The number of thiocarbonyl (C=S) groups is 1. The molecule has 1 aromatic carbocycles. The van der Waals surface area contributed by atoms with Gasteiger partial charge in [0.25, 0.3) is 0 Å². The van der Waals surface area contributed by atoms with Gasteiger partial charge in [0.15, 0.2) is 5.11 Å². The summed E-state index contributed by atoms with van der Waals surface area (Å²) in [5, 5.41) is 6.08. The van der Waals surface area contributed by atoms with Crippen LogP contribution in [0.1, 0.15) is 59.0 Å². The Morgan fingerprint density at radius 1 is 1.13 bits per heavy atom. The number of hydrogen-bond acceptors (Lipinski definition) is 4. The van der Waals surface area contributed by atoms with Crippen molar-refractivity contribution >= 4 is 45.3 Å². The first kappa shape index (κ1) is 22.6. The summed E-state index contributed by atoms with van der Waals surface area (Å²) in [5.74, 6) is -0.434. The number of thiophene rings is 1. The second-order valence-electron chi connectivity index (χ2n) is 6.97. The van der Waals surface area contributed by atoms with Crippen molar-refractivity contribution in [3.63, 3.8) is 0 Å². The summed E-state index contributed by atoms with van der Waals surface area (Å²) in [6, 6.07) is 5.13. The molecule has 30 heavy (non-hydrogen) atoms. The van der Waals surface area contributed by atoms with Crippen molar-refractivity contribution in [2.45, 2.75) is 51.6 Å². The molecular weight excluding hydrogens is 433 g/mol. The number of rotatable bonds is 4. The van der Waals surface area contributed by atoms with Crippen molar-refractivity contribution in [1.29, 1.82) is 0 Å². The highest BCUT2D eigenvalue weighted by molar-refractivity contribution is 7.80. The summed E-state index contributed by atoms with van der Waals surface area (Å²) in [6.45, 7) is 1.98. The summed E-state index contributed by atoms with van der Waals surface area (Å²) < 4.78 is 45.0. The van der Waals surface area contributed by atoms with E-state index in [4.69, 9.17) is 17.0 Å². The quantitative estimate of drug-likeness (QED) is 0.411. The van der Waals surface area contributed by atoms with E-state index in [9.17, 15) is 18.0 Å². The number of aryl methyl sites for hydroxylation is 1. The van der Waals surface area contributed by atoms with Gasteiger partial charge in [-0.15, -0.1) is 11.3 Å². The zero-order chi connectivity index (χ0) is 21.7. The Balaban J connectivity index is 1.88. The van der Waals surface area contributed by atoms with Gasteiger partial charge in [-0.3, -0.25) is 0 Å². The number of carbonyl (C=O) groups is 1. The highest BCUT2D eigenvalue weighted by Crippen LogP contribution is 2.38. The van der Waals surface area contributed by atoms with Gasteiger partial charge in [0, 0.05) is 4.88 Å². The average Bonchev–Trinajstić information content (AvgIpc) is 2.97. The lowest BCUT2D eigenvalue weighted by atomic mass is 9.96. The van der Waals surface area contributed by atoms with Crippen molar-refractivity contribution in [3.05, 3.63) is 45.8 Å². The summed E-state index contributed by atoms with van der Waals surface area (Å²) in [4.78, 5) is 13.8. The third-order valence-electron chi connectivity index (χ3n) is 4.86. The lowest BCUT2D eigenvalue weighted by Crippen LogP contribution is -2.22. The van der Waals surface area contributed by atoms with Gasteiger partial charge in [0.2, 0.25) is 0 Å². The molecule has 1 aromatic heterocycles. The van der Waals surface area contributed by atoms with Crippen molar-refractivity contribution in [1.82, 2.24) is 0 Å². The van der Waals surface area contributed by atoms with Crippen LogP contribution in [0.15, 0.2) is 24.3 Å². The molecule has 9 heteroatoms. The van der Waals surface area contributed by atoms with Crippen molar-refractivity contribution < 1.29 is 22.7 Å². The largest absolute Gasteiger partial charge is 0.462 e. The molecule has 162 valence electrons. The Morgan fingerprint density at radius 3 is 2.53 bits per heavy atom. The van der Waals surface area contributed by atoms with Crippen LogP contribution >= 0.6 is 23.6 Å². The fourth-order valence-electron chi connectivity index (χ4n) is 3.52. The predicted molar refractivity (Wildman–Crippen MR) is 117 cm³/mol. The number of carbonyl (C=O) groups excluding carboxylic acids is 1. The van der Waals surface area contributed by atoms with E-state index in [-0.39, 0.29) is 17.4 Å². The number of fused-ring (bicyclic) bond motifs is 1. The first-order valence-corrected chi connectivity index (χ1v) is 11.1. The van der Waals surface area contributed by atoms with Gasteiger partial charge in [0.05, 0.1) is 23.4 Å². The molecule has 4 nitrogen and oxygen atoms in total. The zero-order valence-corrected chi connectivity index (χ0v) is 18.2. The molecular formula is C21H23F3N2O2S2. The van der Waals surface area contributed by atoms with Crippen LogP contribution in [-0.4, -0.2) is 17.7 Å². The molecule has 3 rings (SSSR count). The molecule has 0 radical (unpaired) electrons. The van der Waals surface area contributed by atoms with E-state index in [0.29, 0.717) is 10.6 Å². The summed E-state index contributed by atoms with van der Waals surface area (Å²) >= 11 is 6.70. The van der Waals surface area contributed by atoms with Gasteiger partial charge in [-0.25, -0.2) is 4.79 Å². The van der Waals surface area contributed by atoms with E-state index in [2.05, 4.69) is 10.6 Å². The van der Waals surface area contributed by atoms with Gasteiger partial charge < -0.3 is 15.4 Å². The highest BCUT2D eigenvalue weighted by Gasteiger charge is 2.33. The first-order chi connectivity index (χ1) is 14.3. The van der Waals surface area contributed by atoms with Crippen molar-refractivity contribution in [3.8, 4) is 0 Å². The average molecular weight is 457 g/mol. The van der Waals surface area contributed by atoms with E-state index in [0.717, 1.165) is 55.0 Å². The Hall–Kier alpha value is -2.13. The molecule has 0 fully saturated rings. The highest BCUT2D eigenvalue weighted by atomic mass is 32.1. The molecule has 0 amide bonds. The smallest absolute Gasteiger partial charge is 0.418 e. The standard InChI is InChI=1S/C21H23F3N2O2S2/c1-2-28-19(27)17-13-9-5-3-4-6-12-16(13)30-18(17)26-20(29)25-15-11-8-7-10-14(15)21(22,23)24/h7-8,10-11H,2-6,9,12H2,1H3,(H2,25,26,29). The number of halogens is 3. The molecule has 1 aliphatic rings. The van der Waals surface area contributed by atoms with Crippen LogP contribution in [0.3, 0.4) is 0 Å². The fraction of sp³-hybridized carbons (Fsp3) is 0.429. The number of benzene rings is 1. The maximum absolute atomic E-state index is 13.2. The molecule has 0 spiro atoms. The van der Waals surface area contributed by atoms with E-state index < -0.39 is 17.7 Å². The zero-order valence-electron chi connectivity index (χ0n) is 16.5. The maximum atomic E-state index is 13.2. The number of hydrogen-bond donors (Lipinski definition) is 2. The van der Waals surface area contributed by atoms with Crippen LogP contribution in [0.2, 0.25) is 0 Å². The van der Waals surface area contributed by atoms with Crippen LogP contribution in [0.5, 0.6) is 0 Å². The minimum atomic E-state index is -4.51. The molecule has 0 saturated carbocycles. The number of ether oxygens (including phenoxy) is 1. The molecule has 2 aromatic rings. The molecule has 0 aliphatic heterocycles. The Bertz CT molecular complexity index is 925. The molecule has 0 saturated heterocycles. The second-order valence-corrected chi connectivity index (χ2v) is 8.48. The van der Waals surface area contributed by atoms with E-state index >= 15 is 0 Å². The third kappa shape index (κ3) is 5.31. The molecule has 0 unspecified atom stereocenters. The predicted octanol–water partition coefficient (Wildman–Crippen LogP) is 6.41. The maximum Gasteiger partial charge on any atom is 0.418 e. The van der Waals surface area contributed by atoms with Crippen LogP contribution in [0, 0.1) is 0 Å². The third-order valence-corrected chi connectivity index (χ3v) is 6.27. The van der Waals surface area contributed by atoms with E-state index in [1.54, 1.807) is 6.92 Å². The van der Waals surface area contributed by atoms with Gasteiger partial charge in [0.1, 0.15) is 5.00 Å². The van der Waals surface area contributed by atoms with Gasteiger partial charge >= 0.3 is 12.1 Å². The Morgan fingerprint density at radius 2 is 1.83 bits per heavy atom. The summed E-state index contributed by atoms with van der Waals surface area (Å²) in [5.41, 5.74) is 0.472. The fourth-order valence-corrected chi connectivity index (χ4v) is 5.08. The molecule has 2 N–H and O–H groups in total. The van der Waals surface area contributed by atoms with Gasteiger partial charge in [-0.2, -0.15) is 13.2 Å². The first-order valence-electron chi connectivity index (χ1n) is 9.87. The van der Waals surface area contributed by atoms with Crippen LogP contribution < -0.4 is 10.6 Å². The lowest BCUT2D eigenvalue weighted by Gasteiger charge is -2.16. The van der Waals surface area contributed by atoms with Crippen LogP contribution in [-0.2, 0) is 23.8 Å². The number of esters is 1. The second kappa shape index (κ2) is 9.78. The van der Waals surface area contributed by atoms with Crippen molar-refractivity contribution in [2.24, 2.45) is 0 Å². The minimum Gasteiger partial charge on any atom is -0.462 e. The molecule has 0 atom stereocenters. The minimum absolute atomic E-state index is 0.00790. The number of para-hydroxylation sites is 1. The van der Waals surface area contributed by atoms with E-state index in [1.165, 1.54) is 29.5 Å². The monoisotopic (exact) mass is 456 g/mol. The van der Waals surface area contributed by atoms with E-state index in [1.807, 2.05) is 0 Å². The Kier molecular flexibility index (Phi) is 7.36. The van der Waals surface area contributed by atoms with Gasteiger partial charge in [-0.05, 0) is 62.5 Å². The normalized spacial score (nSPS) is 14.3. The molecule has 1 aliphatic carbocycles. The Labute approximate surface area is 182 Å². The molecule has 1 heterocycles. The number of anilines is 2. The molecule has 0 bridgehead atoms. The topological polar surface area (TPSA) is 50.4 Å². The van der Waals surface area contributed by atoms with Crippen LogP contribution in [0.4, 0.5) is 23.9 Å². The lowest BCUT2D eigenvalue weighted by molar-refractivity contribution is -0.136. The van der Waals surface area contributed by atoms with Crippen molar-refractivity contribution in [2.75, 3.05) is 17.2 Å². The SMILES string of the molecule is CCOC(=O)c1c(NC(=S)Nc2ccccc2C(F)(F)F)sc2c1CCCCCC2. The summed E-state index contributed by atoms with van der Waals surface area (Å²) in [6.07, 6.45) is 1.41. The number of alkyl halides is 3. The number of nitrogens with one attached hydrogen (secondary N) is 2. The van der Waals surface area contributed by atoms with Gasteiger partial charge in [-0.1, -0.05) is 25.0 Å². The summed E-state index contributed by atoms with van der Waals surface area (Å²) in [7, 11) is 0.